The predicted molar refractivity (Wildman–Crippen MR) is 67.8 cm³/mol. The minimum atomic E-state index is -4.37. The van der Waals surface area contributed by atoms with Crippen LogP contribution in [0.1, 0.15) is 11.1 Å². The molecular weight excluding hydrogens is 277 g/mol. The Labute approximate surface area is 113 Å². The summed E-state index contributed by atoms with van der Waals surface area (Å²) >= 11 is 5.85. The zero-order chi connectivity index (χ0) is 14.0. The molecule has 0 aliphatic rings. The molecule has 2 rings (SSSR count). The molecule has 2 aromatic carbocycles. The van der Waals surface area contributed by atoms with Gasteiger partial charge in [-0.3, -0.25) is 0 Å². The van der Waals surface area contributed by atoms with Crippen LogP contribution in [0.5, 0.6) is 0 Å². The van der Waals surface area contributed by atoms with E-state index in [1.54, 1.807) is 24.3 Å². The molecule has 0 heterocycles. The molecule has 0 aliphatic carbocycles. The number of aliphatic hydroxyl groups excluding tert-OH is 1. The third kappa shape index (κ3) is 3.08. The second-order valence-electron chi connectivity index (χ2n) is 4.04. The Morgan fingerprint density at radius 3 is 2.32 bits per heavy atom. The van der Waals surface area contributed by atoms with E-state index in [1.165, 1.54) is 6.07 Å². The molecule has 0 saturated carbocycles. The van der Waals surface area contributed by atoms with E-state index < -0.39 is 11.7 Å². The van der Waals surface area contributed by atoms with E-state index in [0.29, 0.717) is 21.7 Å². The molecule has 0 saturated heterocycles. The summed E-state index contributed by atoms with van der Waals surface area (Å²) in [4.78, 5) is 0. The standard InChI is InChI=1S/C14H10ClF3O/c15-13-5-4-10(6-11(13)8-19)9-2-1-3-12(7-9)14(16,17)18/h1-7,19H,8H2. The van der Waals surface area contributed by atoms with Crippen LogP contribution in [0.3, 0.4) is 0 Å². The Hall–Kier alpha value is -1.52. The highest BCUT2D eigenvalue weighted by Crippen LogP contribution is 2.33. The van der Waals surface area contributed by atoms with Gasteiger partial charge in [-0.15, -0.1) is 0 Å². The minimum Gasteiger partial charge on any atom is -0.392 e. The largest absolute Gasteiger partial charge is 0.416 e. The predicted octanol–water partition coefficient (Wildman–Crippen LogP) is 4.52. The number of hydrogen-bond acceptors (Lipinski definition) is 1. The van der Waals surface area contributed by atoms with Crippen molar-refractivity contribution in [3.8, 4) is 11.1 Å². The molecule has 0 amide bonds. The van der Waals surface area contributed by atoms with Gasteiger partial charge in [-0.1, -0.05) is 29.8 Å². The van der Waals surface area contributed by atoms with Crippen molar-refractivity contribution >= 4 is 11.6 Å². The third-order valence-corrected chi connectivity index (χ3v) is 3.11. The van der Waals surface area contributed by atoms with Crippen molar-refractivity contribution in [2.45, 2.75) is 12.8 Å². The number of benzene rings is 2. The number of alkyl halides is 3. The van der Waals surface area contributed by atoms with E-state index in [0.717, 1.165) is 12.1 Å². The van der Waals surface area contributed by atoms with E-state index in [2.05, 4.69) is 0 Å². The van der Waals surface area contributed by atoms with Crippen LogP contribution in [-0.2, 0) is 12.8 Å². The molecule has 0 aliphatic heterocycles. The lowest BCUT2D eigenvalue weighted by Gasteiger charge is -2.10. The zero-order valence-corrected chi connectivity index (χ0v) is 10.5. The second-order valence-corrected chi connectivity index (χ2v) is 4.45. The first-order chi connectivity index (χ1) is 8.91. The van der Waals surface area contributed by atoms with Crippen LogP contribution in [0, 0.1) is 0 Å². The highest BCUT2D eigenvalue weighted by molar-refractivity contribution is 6.31. The topological polar surface area (TPSA) is 20.2 Å². The van der Waals surface area contributed by atoms with Crippen molar-refractivity contribution < 1.29 is 18.3 Å². The fourth-order valence-electron chi connectivity index (χ4n) is 1.75. The van der Waals surface area contributed by atoms with Crippen molar-refractivity contribution in [2.75, 3.05) is 0 Å². The van der Waals surface area contributed by atoms with Gasteiger partial charge >= 0.3 is 6.18 Å². The highest BCUT2D eigenvalue weighted by Gasteiger charge is 2.30. The molecule has 1 nitrogen and oxygen atoms in total. The number of aliphatic hydroxyl groups is 1. The normalized spacial score (nSPS) is 11.6. The lowest BCUT2D eigenvalue weighted by molar-refractivity contribution is -0.137. The van der Waals surface area contributed by atoms with Gasteiger partial charge in [0.15, 0.2) is 0 Å². The molecule has 0 spiro atoms. The van der Waals surface area contributed by atoms with Gasteiger partial charge in [-0.25, -0.2) is 0 Å². The van der Waals surface area contributed by atoms with Crippen molar-refractivity contribution in [3.63, 3.8) is 0 Å². The smallest absolute Gasteiger partial charge is 0.392 e. The van der Waals surface area contributed by atoms with Gasteiger partial charge in [-0.05, 0) is 41.0 Å². The van der Waals surface area contributed by atoms with E-state index in [1.807, 2.05) is 0 Å². The monoisotopic (exact) mass is 286 g/mol. The number of rotatable bonds is 2. The first-order valence-electron chi connectivity index (χ1n) is 5.49. The van der Waals surface area contributed by atoms with Crippen LogP contribution >= 0.6 is 11.6 Å². The molecule has 0 fully saturated rings. The fraction of sp³-hybridized carbons (Fsp3) is 0.143. The molecule has 0 unspecified atom stereocenters. The summed E-state index contributed by atoms with van der Waals surface area (Å²) in [6.45, 7) is -0.258. The summed E-state index contributed by atoms with van der Waals surface area (Å²) in [5.74, 6) is 0. The average molecular weight is 287 g/mol. The second kappa shape index (κ2) is 5.23. The van der Waals surface area contributed by atoms with Crippen LogP contribution in [0.2, 0.25) is 5.02 Å². The number of halogens is 4. The molecule has 0 atom stereocenters. The Balaban J connectivity index is 2.47. The van der Waals surface area contributed by atoms with Crippen molar-refractivity contribution in [1.29, 1.82) is 0 Å². The molecule has 0 radical (unpaired) electrons. The first-order valence-corrected chi connectivity index (χ1v) is 5.86. The fourth-order valence-corrected chi connectivity index (χ4v) is 1.93. The zero-order valence-electron chi connectivity index (χ0n) is 9.71. The van der Waals surface area contributed by atoms with Crippen LogP contribution in [0.4, 0.5) is 13.2 Å². The van der Waals surface area contributed by atoms with Crippen LogP contribution in [0.15, 0.2) is 42.5 Å². The molecule has 0 aromatic heterocycles. The Morgan fingerprint density at radius 2 is 1.68 bits per heavy atom. The van der Waals surface area contributed by atoms with Gasteiger partial charge in [0.05, 0.1) is 12.2 Å². The molecular formula is C14H10ClF3O. The Morgan fingerprint density at radius 1 is 1.00 bits per heavy atom. The maximum atomic E-state index is 12.6. The molecule has 19 heavy (non-hydrogen) atoms. The highest BCUT2D eigenvalue weighted by atomic mass is 35.5. The lowest BCUT2D eigenvalue weighted by Crippen LogP contribution is -2.04. The maximum Gasteiger partial charge on any atom is 0.416 e. The summed E-state index contributed by atoms with van der Waals surface area (Å²) in [6, 6.07) is 9.79. The van der Waals surface area contributed by atoms with Crippen LogP contribution < -0.4 is 0 Å². The minimum absolute atomic E-state index is 0.258. The van der Waals surface area contributed by atoms with E-state index >= 15 is 0 Å². The van der Waals surface area contributed by atoms with E-state index in [-0.39, 0.29) is 6.61 Å². The van der Waals surface area contributed by atoms with Gasteiger partial charge in [0.25, 0.3) is 0 Å². The lowest BCUT2D eigenvalue weighted by atomic mass is 10.0. The van der Waals surface area contributed by atoms with Gasteiger partial charge in [0.2, 0.25) is 0 Å². The number of hydrogen-bond donors (Lipinski definition) is 1. The molecule has 5 heteroatoms. The molecule has 100 valence electrons. The molecule has 0 bridgehead atoms. The average Bonchev–Trinajstić information content (AvgIpc) is 2.38. The van der Waals surface area contributed by atoms with Crippen molar-refractivity contribution in [1.82, 2.24) is 0 Å². The quantitative estimate of drug-likeness (QED) is 0.861. The first kappa shape index (κ1) is 13.9. The van der Waals surface area contributed by atoms with Gasteiger partial charge in [0.1, 0.15) is 0 Å². The third-order valence-electron chi connectivity index (χ3n) is 2.74. The van der Waals surface area contributed by atoms with Gasteiger partial charge < -0.3 is 5.11 Å². The van der Waals surface area contributed by atoms with Crippen molar-refractivity contribution in [2.24, 2.45) is 0 Å². The summed E-state index contributed by atoms with van der Waals surface area (Å²) in [7, 11) is 0. The summed E-state index contributed by atoms with van der Waals surface area (Å²) in [5, 5.41) is 9.50. The molecule has 1 N–H and O–H groups in total. The summed E-state index contributed by atoms with van der Waals surface area (Å²) in [5.41, 5.74) is 0.794. The van der Waals surface area contributed by atoms with Crippen molar-refractivity contribution in [3.05, 3.63) is 58.6 Å². The Bertz CT molecular complexity index is 593. The van der Waals surface area contributed by atoms with Gasteiger partial charge in [-0.2, -0.15) is 13.2 Å². The Kier molecular flexibility index (Phi) is 3.83. The van der Waals surface area contributed by atoms with E-state index in [9.17, 15) is 13.2 Å². The van der Waals surface area contributed by atoms with E-state index in [4.69, 9.17) is 16.7 Å². The SMILES string of the molecule is OCc1cc(-c2cccc(C(F)(F)F)c2)ccc1Cl. The maximum absolute atomic E-state index is 12.6. The van der Waals surface area contributed by atoms with Crippen LogP contribution in [0.25, 0.3) is 11.1 Å². The summed E-state index contributed by atoms with van der Waals surface area (Å²) < 4.78 is 37.9. The molecule has 2 aromatic rings. The van der Waals surface area contributed by atoms with Crippen LogP contribution in [-0.4, -0.2) is 5.11 Å². The summed E-state index contributed by atoms with van der Waals surface area (Å²) in [6.07, 6.45) is -4.37. The van der Waals surface area contributed by atoms with Gasteiger partial charge in [0, 0.05) is 5.02 Å².